The fraction of sp³-hybridized carbons (Fsp3) is 0.545. The maximum Gasteiger partial charge on any atom is 0.0931 e. The van der Waals surface area contributed by atoms with Crippen LogP contribution in [0.25, 0.3) is 0 Å². The average Bonchev–Trinajstić information content (AvgIpc) is 2.62. The lowest BCUT2D eigenvalue weighted by molar-refractivity contribution is 0.262. The molecule has 2 nitrogen and oxygen atoms in total. The maximum atomic E-state index is 8.75. The molecule has 0 fully saturated rings. The molecule has 0 N–H and O–H groups in total. The van der Waals surface area contributed by atoms with Gasteiger partial charge < -0.3 is 0 Å². The molecule has 1 unspecified atom stereocenters. The van der Waals surface area contributed by atoms with E-state index < -0.39 is 0 Å². The van der Waals surface area contributed by atoms with Crippen molar-refractivity contribution in [1.82, 2.24) is 4.90 Å². The molecule has 0 saturated heterocycles. The highest BCUT2D eigenvalue weighted by atomic mass is 35.5. The molecule has 0 aliphatic heterocycles. The van der Waals surface area contributed by atoms with Gasteiger partial charge in [0.25, 0.3) is 0 Å². The van der Waals surface area contributed by atoms with Crippen LogP contribution >= 0.6 is 22.9 Å². The second-order valence-electron chi connectivity index (χ2n) is 3.56. The van der Waals surface area contributed by atoms with E-state index in [4.69, 9.17) is 16.9 Å². The molecule has 0 bridgehead atoms. The summed E-state index contributed by atoms with van der Waals surface area (Å²) in [5, 5.41) is 8.75. The van der Waals surface area contributed by atoms with Crippen LogP contribution in [-0.4, -0.2) is 18.0 Å². The van der Waals surface area contributed by atoms with Gasteiger partial charge in [-0.05, 0) is 25.6 Å². The predicted octanol–water partition coefficient (Wildman–Crippen LogP) is 3.38. The van der Waals surface area contributed by atoms with Crippen LogP contribution in [0.5, 0.6) is 0 Å². The van der Waals surface area contributed by atoms with Gasteiger partial charge in [0.1, 0.15) is 0 Å². The van der Waals surface area contributed by atoms with Crippen molar-refractivity contribution in [3.05, 3.63) is 21.3 Å². The fourth-order valence-electron chi connectivity index (χ4n) is 1.39. The summed E-state index contributed by atoms with van der Waals surface area (Å²) in [7, 11) is 0. The highest BCUT2D eigenvalue weighted by Crippen LogP contribution is 2.22. The highest BCUT2D eigenvalue weighted by Gasteiger charge is 2.09. The summed E-state index contributed by atoms with van der Waals surface area (Å²) in [6, 6.07) is 6.22. The van der Waals surface area contributed by atoms with Gasteiger partial charge in [-0.2, -0.15) is 5.26 Å². The van der Waals surface area contributed by atoms with Crippen LogP contribution in [0.2, 0.25) is 4.34 Å². The van der Waals surface area contributed by atoms with Gasteiger partial charge in [-0.1, -0.05) is 18.5 Å². The Morgan fingerprint density at radius 1 is 1.60 bits per heavy atom. The lowest BCUT2D eigenvalue weighted by atomic mass is 10.2. The first-order valence-electron chi connectivity index (χ1n) is 5.02. The van der Waals surface area contributed by atoms with Gasteiger partial charge in [0, 0.05) is 18.0 Å². The number of hydrogen-bond donors (Lipinski definition) is 0. The summed E-state index contributed by atoms with van der Waals surface area (Å²) in [6.45, 7) is 6.73. The summed E-state index contributed by atoms with van der Waals surface area (Å²) in [5.74, 6) is 0.0837. The average molecular weight is 243 g/mol. The molecule has 1 aromatic heterocycles. The third-order valence-electron chi connectivity index (χ3n) is 2.21. The second kappa shape index (κ2) is 6.12. The number of halogens is 1. The lowest BCUT2D eigenvalue weighted by Crippen LogP contribution is -2.27. The van der Waals surface area contributed by atoms with E-state index in [9.17, 15) is 0 Å². The van der Waals surface area contributed by atoms with E-state index in [2.05, 4.69) is 17.9 Å². The van der Waals surface area contributed by atoms with Crippen molar-refractivity contribution >= 4 is 22.9 Å². The summed E-state index contributed by atoms with van der Waals surface area (Å²) < 4.78 is 0.828. The predicted molar refractivity (Wildman–Crippen MR) is 65.1 cm³/mol. The molecule has 0 saturated carbocycles. The zero-order valence-electron chi connectivity index (χ0n) is 9.03. The van der Waals surface area contributed by atoms with Gasteiger partial charge in [-0.15, -0.1) is 11.3 Å². The molecule has 0 amide bonds. The molecule has 4 heteroatoms. The van der Waals surface area contributed by atoms with Crippen molar-refractivity contribution < 1.29 is 0 Å². The molecule has 0 aromatic carbocycles. The minimum absolute atomic E-state index is 0.0837. The van der Waals surface area contributed by atoms with Crippen molar-refractivity contribution in [3.63, 3.8) is 0 Å². The van der Waals surface area contributed by atoms with E-state index in [0.717, 1.165) is 24.0 Å². The number of nitrogens with zero attached hydrogens (tertiary/aromatic N) is 2. The van der Waals surface area contributed by atoms with Gasteiger partial charge in [-0.3, -0.25) is 4.90 Å². The summed E-state index contributed by atoms with van der Waals surface area (Å²) >= 11 is 7.47. The maximum absolute atomic E-state index is 8.75. The molecule has 0 aliphatic carbocycles. The second-order valence-corrected chi connectivity index (χ2v) is 5.36. The Bertz CT molecular complexity index is 343. The molecule has 0 spiro atoms. The SMILES string of the molecule is CCN(Cc1ccc(Cl)s1)CC(C)C#N. The van der Waals surface area contributed by atoms with Gasteiger partial charge in [0.15, 0.2) is 0 Å². The Balaban J connectivity index is 2.51. The van der Waals surface area contributed by atoms with Crippen LogP contribution in [-0.2, 0) is 6.54 Å². The molecule has 15 heavy (non-hydrogen) atoms. The van der Waals surface area contributed by atoms with Crippen molar-refractivity contribution in [2.24, 2.45) is 5.92 Å². The molecular weight excluding hydrogens is 228 g/mol. The Morgan fingerprint density at radius 2 is 2.33 bits per heavy atom. The van der Waals surface area contributed by atoms with Crippen molar-refractivity contribution in [2.45, 2.75) is 20.4 Å². The minimum Gasteiger partial charge on any atom is -0.297 e. The van der Waals surface area contributed by atoms with E-state index in [0.29, 0.717) is 0 Å². The van der Waals surface area contributed by atoms with Crippen LogP contribution in [0.4, 0.5) is 0 Å². The van der Waals surface area contributed by atoms with Gasteiger partial charge in [-0.25, -0.2) is 0 Å². The van der Waals surface area contributed by atoms with Crippen molar-refractivity contribution in [3.8, 4) is 6.07 Å². The minimum atomic E-state index is 0.0837. The van der Waals surface area contributed by atoms with E-state index in [-0.39, 0.29) is 5.92 Å². The fourth-order valence-corrected chi connectivity index (χ4v) is 2.52. The monoisotopic (exact) mass is 242 g/mol. The number of hydrogen-bond acceptors (Lipinski definition) is 3. The molecular formula is C11H15ClN2S. The Hall–Kier alpha value is -0.560. The molecule has 1 atom stereocenters. The zero-order valence-corrected chi connectivity index (χ0v) is 10.6. The van der Waals surface area contributed by atoms with Gasteiger partial charge >= 0.3 is 0 Å². The first kappa shape index (κ1) is 12.5. The lowest BCUT2D eigenvalue weighted by Gasteiger charge is -2.20. The van der Waals surface area contributed by atoms with E-state index in [1.54, 1.807) is 11.3 Å². The molecule has 1 aromatic rings. The van der Waals surface area contributed by atoms with Crippen LogP contribution in [0, 0.1) is 17.2 Å². The van der Waals surface area contributed by atoms with E-state index in [1.807, 2.05) is 19.1 Å². The highest BCUT2D eigenvalue weighted by molar-refractivity contribution is 7.16. The summed E-state index contributed by atoms with van der Waals surface area (Å²) in [6.07, 6.45) is 0. The van der Waals surface area contributed by atoms with E-state index in [1.165, 1.54) is 4.88 Å². The van der Waals surface area contributed by atoms with Crippen LogP contribution in [0.15, 0.2) is 12.1 Å². The third-order valence-corrected chi connectivity index (χ3v) is 3.42. The topological polar surface area (TPSA) is 27.0 Å². The van der Waals surface area contributed by atoms with Crippen LogP contribution in [0.1, 0.15) is 18.7 Å². The molecule has 0 radical (unpaired) electrons. The normalized spacial score (nSPS) is 12.7. The number of rotatable bonds is 5. The number of nitriles is 1. The zero-order chi connectivity index (χ0) is 11.3. The van der Waals surface area contributed by atoms with E-state index >= 15 is 0 Å². The first-order chi connectivity index (χ1) is 7.15. The van der Waals surface area contributed by atoms with Gasteiger partial charge in [0.2, 0.25) is 0 Å². The first-order valence-corrected chi connectivity index (χ1v) is 6.21. The molecule has 0 aliphatic rings. The summed E-state index contributed by atoms with van der Waals surface area (Å²) in [5.41, 5.74) is 0. The standard InChI is InChI=1S/C11H15ClN2S/c1-3-14(7-9(2)6-13)8-10-4-5-11(12)15-10/h4-5,9H,3,7-8H2,1-2H3. The molecule has 1 rings (SSSR count). The smallest absolute Gasteiger partial charge is 0.0931 e. The van der Waals surface area contributed by atoms with Crippen molar-refractivity contribution in [1.29, 1.82) is 5.26 Å². The molecule has 82 valence electrons. The summed E-state index contributed by atoms with van der Waals surface area (Å²) in [4.78, 5) is 3.52. The van der Waals surface area contributed by atoms with Gasteiger partial charge in [0.05, 0.1) is 16.3 Å². The quantitative estimate of drug-likeness (QED) is 0.792. The van der Waals surface area contributed by atoms with Crippen molar-refractivity contribution in [2.75, 3.05) is 13.1 Å². The molecule has 1 heterocycles. The number of thiophene rings is 1. The third kappa shape index (κ3) is 4.21. The Morgan fingerprint density at radius 3 is 2.80 bits per heavy atom. The largest absolute Gasteiger partial charge is 0.297 e. The Labute approximate surface area is 100 Å². The van der Waals surface area contributed by atoms with Crippen LogP contribution < -0.4 is 0 Å². The Kier molecular flexibility index (Phi) is 5.10. The van der Waals surface area contributed by atoms with Crippen LogP contribution in [0.3, 0.4) is 0 Å².